The molecule has 0 saturated heterocycles. The second-order valence-corrected chi connectivity index (χ2v) is 4.19. The van der Waals surface area contributed by atoms with Gasteiger partial charge in [-0.15, -0.1) is 0 Å². The van der Waals surface area contributed by atoms with Crippen LogP contribution in [0.25, 0.3) is 0 Å². The maximum Gasteiger partial charge on any atom is 0.0514 e. The summed E-state index contributed by atoms with van der Waals surface area (Å²) < 4.78 is 1.05. The molecule has 0 bridgehead atoms. The van der Waals surface area contributed by atoms with Crippen molar-refractivity contribution in [3.8, 4) is 0 Å². The van der Waals surface area contributed by atoms with E-state index >= 15 is 0 Å². The summed E-state index contributed by atoms with van der Waals surface area (Å²) in [6, 6.07) is 0. The minimum Gasteiger partial charge on any atom is -0.397 e. The molecule has 0 saturated carbocycles. The van der Waals surface area contributed by atoms with Crippen molar-refractivity contribution in [2.24, 2.45) is 5.73 Å². The van der Waals surface area contributed by atoms with Gasteiger partial charge >= 0.3 is 0 Å². The molecular formula is C11H11BrN2. The smallest absolute Gasteiger partial charge is 0.0514 e. The fourth-order valence-corrected chi connectivity index (χ4v) is 1.79. The van der Waals surface area contributed by atoms with Gasteiger partial charge in [0.1, 0.15) is 0 Å². The molecule has 3 N–H and O–H groups in total. The first-order valence-electron chi connectivity index (χ1n) is 4.38. The van der Waals surface area contributed by atoms with Crippen LogP contribution in [0.15, 0.2) is 57.5 Å². The van der Waals surface area contributed by atoms with Crippen LogP contribution in [0.1, 0.15) is 6.92 Å². The van der Waals surface area contributed by atoms with E-state index in [1.165, 1.54) is 0 Å². The zero-order chi connectivity index (χ0) is 10.1. The van der Waals surface area contributed by atoms with Crippen molar-refractivity contribution in [2.75, 3.05) is 0 Å². The van der Waals surface area contributed by atoms with Crippen LogP contribution in [-0.2, 0) is 0 Å². The molecule has 0 unspecified atom stereocenters. The number of hydrogen-bond acceptors (Lipinski definition) is 2. The van der Waals surface area contributed by atoms with Gasteiger partial charge in [-0.2, -0.15) is 0 Å². The van der Waals surface area contributed by atoms with Gasteiger partial charge in [-0.1, -0.05) is 22.0 Å². The van der Waals surface area contributed by atoms with E-state index in [4.69, 9.17) is 5.73 Å². The molecule has 2 nitrogen and oxygen atoms in total. The molecule has 1 heterocycles. The molecule has 3 heteroatoms. The van der Waals surface area contributed by atoms with Gasteiger partial charge < -0.3 is 11.1 Å². The Labute approximate surface area is 91.7 Å². The average Bonchev–Trinajstić information content (AvgIpc) is 2.28. The highest BCUT2D eigenvalue weighted by molar-refractivity contribution is 9.11. The van der Waals surface area contributed by atoms with Crippen LogP contribution in [-0.4, -0.2) is 0 Å². The SMILES string of the molecule is CC1=C(N)C=C2C=C(Br)C=CC=C2N1. The highest BCUT2D eigenvalue weighted by atomic mass is 79.9. The van der Waals surface area contributed by atoms with Crippen LogP contribution >= 0.6 is 15.9 Å². The number of nitrogens with one attached hydrogen (secondary N) is 1. The second-order valence-electron chi connectivity index (χ2n) is 3.27. The predicted octanol–water partition coefficient (Wildman–Crippen LogP) is 2.44. The van der Waals surface area contributed by atoms with E-state index in [2.05, 4.69) is 21.2 Å². The van der Waals surface area contributed by atoms with Gasteiger partial charge in [-0.05, 0) is 31.2 Å². The summed E-state index contributed by atoms with van der Waals surface area (Å²) in [5.41, 5.74) is 9.81. The van der Waals surface area contributed by atoms with Gasteiger partial charge in [0.05, 0.1) is 5.70 Å². The summed E-state index contributed by atoms with van der Waals surface area (Å²) in [7, 11) is 0. The fraction of sp³-hybridized carbons (Fsp3) is 0.0909. The number of fused-ring (bicyclic) bond motifs is 1. The van der Waals surface area contributed by atoms with Gasteiger partial charge in [0.25, 0.3) is 0 Å². The van der Waals surface area contributed by atoms with Gasteiger partial charge in [-0.25, -0.2) is 0 Å². The lowest BCUT2D eigenvalue weighted by Crippen LogP contribution is -2.20. The van der Waals surface area contributed by atoms with Crippen LogP contribution in [0, 0.1) is 0 Å². The Balaban J connectivity index is 2.49. The van der Waals surface area contributed by atoms with Crippen molar-refractivity contribution in [1.29, 1.82) is 0 Å². The summed E-state index contributed by atoms with van der Waals surface area (Å²) in [6.07, 6.45) is 10.1. The third-order valence-corrected chi connectivity index (χ3v) is 2.68. The molecule has 2 aliphatic rings. The molecule has 1 aliphatic heterocycles. The molecule has 0 aromatic carbocycles. The van der Waals surface area contributed by atoms with Crippen molar-refractivity contribution in [1.82, 2.24) is 5.32 Å². The molecule has 0 atom stereocenters. The van der Waals surface area contributed by atoms with Crippen molar-refractivity contribution in [2.45, 2.75) is 6.92 Å². The average molecular weight is 251 g/mol. The Morgan fingerprint density at radius 3 is 2.93 bits per heavy atom. The van der Waals surface area contributed by atoms with E-state index in [0.717, 1.165) is 27.1 Å². The molecule has 0 aromatic heterocycles. The molecule has 0 fully saturated rings. The van der Waals surface area contributed by atoms with Crippen LogP contribution in [0.2, 0.25) is 0 Å². The number of rotatable bonds is 0. The molecule has 0 aromatic rings. The van der Waals surface area contributed by atoms with Gasteiger partial charge in [-0.3, -0.25) is 0 Å². The lowest BCUT2D eigenvalue weighted by atomic mass is 10.1. The number of nitrogens with two attached hydrogens (primary N) is 1. The third-order valence-electron chi connectivity index (χ3n) is 2.19. The molecule has 0 spiro atoms. The Morgan fingerprint density at radius 2 is 2.14 bits per heavy atom. The fourth-order valence-electron chi connectivity index (χ4n) is 1.39. The molecule has 72 valence electrons. The molecule has 0 radical (unpaired) electrons. The third kappa shape index (κ3) is 1.68. The number of allylic oxidation sites excluding steroid dienone is 7. The van der Waals surface area contributed by atoms with E-state index in [1.807, 2.05) is 37.3 Å². The van der Waals surface area contributed by atoms with Crippen LogP contribution in [0.4, 0.5) is 0 Å². The van der Waals surface area contributed by atoms with E-state index in [0.29, 0.717) is 0 Å². The summed E-state index contributed by atoms with van der Waals surface area (Å²) in [4.78, 5) is 0. The maximum atomic E-state index is 5.83. The van der Waals surface area contributed by atoms with Gasteiger partial charge in [0.15, 0.2) is 0 Å². The van der Waals surface area contributed by atoms with E-state index < -0.39 is 0 Å². The molecule has 1 aliphatic carbocycles. The Morgan fingerprint density at radius 1 is 1.36 bits per heavy atom. The minimum atomic E-state index is 0.788. The molecular weight excluding hydrogens is 240 g/mol. The van der Waals surface area contributed by atoms with Crippen molar-refractivity contribution < 1.29 is 0 Å². The normalized spacial score (nSPS) is 20.3. The monoisotopic (exact) mass is 250 g/mol. The summed E-state index contributed by atoms with van der Waals surface area (Å²) >= 11 is 3.45. The summed E-state index contributed by atoms with van der Waals surface area (Å²) in [5.74, 6) is 0. The largest absolute Gasteiger partial charge is 0.397 e. The van der Waals surface area contributed by atoms with Gasteiger partial charge in [0, 0.05) is 21.4 Å². The molecule has 2 rings (SSSR count). The Bertz CT molecular complexity index is 423. The predicted molar refractivity (Wildman–Crippen MR) is 62.3 cm³/mol. The van der Waals surface area contributed by atoms with Crippen LogP contribution in [0.3, 0.4) is 0 Å². The Hall–Kier alpha value is -1.22. The zero-order valence-corrected chi connectivity index (χ0v) is 9.43. The van der Waals surface area contributed by atoms with E-state index in [9.17, 15) is 0 Å². The maximum absolute atomic E-state index is 5.83. The lowest BCUT2D eigenvalue weighted by molar-refractivity contribution is 0.939. The first kappa shape index (κ1) is 9.34. The first-order valence-corrected chi connectivity index (χ1v) is 5.17. The van der Waals surface area contributed by atoms with Crippen molar-refractivity contribution in [3.63, 3.8) is 0 Å². The van der Waals surface area contributed by atoms with Gasteiger partial charge in [0.2, 0.25) is 0 Å². The summed E-state index contributed by atoms with van der Waals surface area (Å²) in [5, 5.41) is 3.26. The first-order chi connectivity index (χ1) is 6.66. The molecule has 14 heavy (non-hydrogen) atoms. The van der Waals surface area contributed by atoms with E-state index in [-0.39, 0.29) is 0 Å². The van der Waals surface area contributed by atoms with E-state index in [1.54, 1.807) is 0 Å². The quantitative estimate of drug-likeness (QED) is 0.694. The standard InChI is InChI=1S/C11H11BrN2/c1-7-10(13)6-8-5-9(12)3-2-4-11(8)14-7/h2-6,14H,13H2,1H3. The van der Waals surface area contributed by atoms with Crippen molar-refractivity contribution in [3.05, 3.63) is 57.5 Å². The van der Waals surface area contributed by atoms with Crippen LogP contribution < -0.4 is 11.1 Å². The minimum absolute atomic E-state index is 0.788. The topological polar surface area (TPSA) is 38.0 Å². The number of hydrogen-bond donors (Lipinski definition) is 2. The summed E-state index contributed by atoms with van der Waals surface area (Å²) in [6.45, 7) is 1.97. The molecule has 0 amide bonds. The lowest BCUT2D eigenvalue weighted by Gasteiger charge is -2.18. The zero-order valence-electron chi connectivity index (χ0n) is 7.84. The highest BCUT2D eigenvalue weighted by Gasteiger charge is 2.12. The second kappa shape index (κ2) is 3.50. The highest BCUT2D eigenvalue weighted by Crippen LogP contribution is 2.24. The van der Waals surface area contributed by atoms with Crippen molar-refractivity contribution >= 4 is 15.9 Å². The number of halogens is 1. The Kier molecular flexibility index (Phi) is 2.33. The van der Waals surface area contributed by atoms with Crippen LogP contribution in [0.5, 0.6) is 0 Å². The number of dihydropyridines is 1.